The first kappa shape index (κ1) is 23.3. The zero-order valence-corrected chi connectivity index (χ0v) is 10.1. The third-order valence-corrected chi connectivity index (χ3v) is 0. The molecule has 0 aromatic heterocycles. The molecule has 0 saturated carbocycles. The fraction of sp³-hybridized carbons (Fsp3) is 0. The van der Waals surface area contributed by atoms with Crippen molar-refractivity contribution in [2.24, 2.45) is 0 Å². The average molecular weight is 315 g/mol. The minimum atomic E-state index is -5.75. The van der Waals surface area contributed by atoms with E-state index < -0.39 is 27.2 Å². The standard InChI is InChI=1S/2Cr.Mg.Ni.8O/q;;2*+2;;;;;4*-1. The van der Waals surface area contributed by atoms with Crippen molar-refractivity contribution in [1.82, 2.24) is 0 Å². The molecular weight excluding hydrogens is 315 g/mol. The van der Waals surface area contributed by atoms with Crippen LogP contribution < -0.4 is 16.6 Å². The van der Waals surface area contributed by atoms with Crippen molar-refractivity contribution in [3.63, 3.8) is 0 Å². The van der Waals surface area contributed by atoms with E-state index in [9.17, 15) is 0 Å². The Labute approximate surface area is 97.8 Å². The van der Waals surface area contributed by atoms with Crippen LogP contribution in [0.2, 0.25) is 0 Å². The van der Waals surface area contributed by atoms with Crippen LogP contribution in [-0.4, -0.2) is 23.1 Å². The second-order valence-corrected chi connectivity index (χ2v) is 3.37. The second-order valence-electron chi connectivity index (χ2n) is 0.816. The topological polar surface area (TPSA) is 161 Å². The monoisotopic (exact) mass is 314 g/mol. The zero-order valence-electron chi connectivity index (χ0n) is 5.11. The number of rotatable bonds is 0. The normalized spacial score (nSPS) is 9.67. The van der Waals surface area contributed by atoms with Crippen LogP contribution in [0.3, 0.4) is 0 Å². The molecule has 0 rings (SSSR count). The third kappa shape index (κ3) is 656. The van der Waals surface area contributed by atoms with E-state index in [-0.39, 0.29) is 39.5 Å². The summed E-state index contributed by atoms with van der Waals surface area (Å²) in [5.41, 5.74) is 0. The molecule has 0 radical (unpaired) electrons. The van der Waals surface area contributed by atoms with Crippen LogP contribution in [0.1, 0.15) is 0 Å². The summed E-state index contributed by atoms with van der Waals surface area (Å²) in [5, 5.41) is 0. The summed E-state index contributed by atoms with van der Waals surface area (Å²) in [5.74, 6) is 0. The van der Waals surface area contributed by atoms with Crippen molar-refractivity contribution >= 4 is 23.1 Å². The van der Waals surface area contributed by atoms with Crippen molar-refractivity contribution in [2.75, 3.05) is 0 Å². The van der Waals surface area contributed by atoms with Crippen LogP contribution in [0, 0.1) is 0 Å². The van der Waals surface area contributed by atoms with Crippen LogP contribution in [0.15, 0.2) is 0 Å². The first-order valence-electron chi connectivity index (χ1n) is 1.33. The molecule has 12 heavy (non-hydrogen) atoms. The Morgan fingerprint density at radius 2 is 0.667 bits per heavy atom. The molecule has 0 saturated heterocycles. The molecule has 72 valence electrons. The van der Waals surface area contributed by atoms with Gasteiger partial charge >= 0.3 is 98.6 Å². The van der Waals surface area contributed by atoms with Gasteiger partial charge in [-0.3, -0.25) is 0 Å². The summed E-state index contributed by atoms with van der Waals surface area (Å²) in [6.07, 6.45) is 0. The summed E-state index contributed by atoms with van der Waals surface area (Å²) < 4.78 is 68.8. The van der Waals surface area contributed by atoms with Gasteiger partial charge in [0, 0.05) is 0 Å². The molecule has 0 aromatic rings. The third-order valence-electron chi connectivity index (χ3n) is 0. The second kappa shape index (κ2) is 8.94. The van der Waals surface area contributed by atoms with Crippen molar-refractivity contribution in [1.29, 1.82) is 0 Å². The zero-order chi connectivity index (χ0) is 9.00. The van der Waals surface area contributed by atoms with E-state index in [0.29, 0.717) is 0 Å². The van der Waals surface area contributed by atoms with Crippen LogP contribution >= 0.6 is 0 Å². The van der Waals surface area contributed by atoms with E-state index in [4.69, 9.17) is 31.8 Å². The van der Waals surface area contributed by atoms with Crippen molar-refractivity contribution in [2.45, 2.75) is 0 Å². The van der Waals surface area contributed by atoms with Crippen molar-refractivity contribution < 1.29 is 75.6 Å². The summed E-state index contributed by atoms with van der Waals surface area (Å²) in [6, 6.07) is 0. The van der Waals surface area contributed by atoms with E-state index in [0.717, 1.165) is 0 Å². The molecule has 0 N–H and O–H groups in total. The van der Waals surface area contributed by atoms with Gasteiger partial charge in [0.1, 0.15) is 0 Å². The van der Waals surface area contributed by atoms with Crippen molar-refractivity contribution in [3.8, 4) is 0 Å². The molecule has 8 nitrogen and oxygen atoms in total. The van der Waals surface area contributed by atoms with Crippen LogP contribution in [-0.2, 0) is 58.9 Å². The summed E-state index contributed by atoms with van der Waals surface area (Å²) in [6.45, 7) is 0. The maximum atomic E-state index is 8.59. The van der Waals surface area contributed by atoms with E-state index in [1.165, 1.54) is 0 Å². The number of hydrogen-bond donors (Lipinski definition) is 0. The van der Waals surface area contributed by atoms with E-state index >= 15 is 0 Å². The molecule has 0 atom stereocenters. The molecule has 0 amide bonds. The molecule has 0 unspecified atom stereocenters. The van der Waals surface area contributed by atoms with Gasteiger partial charge in [0.25, 0.3) is 0 Å². The molecule has 0 aliphatic heterocycles. The molecule has 0 bridgehead atoms. The SMILES string of the molecule is [Mg+2].[Ni+2].[O]=[Cr](=[O])([O-])[O-].[O]=[Cr](=[O])([O-])[O-]. The molecule has 0 fully saturated rings. The first-order chi connectivity index (χ1) is 4.00. The van der Waals surface area contributed by atoms with E-state index in [1.54, 1.807) is 0 Å². The van der Waals surface area contributed by atoms with Gasteiger partial charge in [-0.25, -0.2) is 0 Å². The van der Waals surface area contributed by atoms with Gasteiger partial charge in [-0.05, 0) is 0 Å². The summed E-state index contributed by atoms with van der Waals surface area (Å²) >= 11 is -11.5. The van der Waals surface area contributed by atoms with Gasteiger partial charge < -0.3 is 0 Å². The fourth-order valence-corrected chi connectivity index (χ4v) is 0. The summed E-state index contributed by atoms with van der Waals surface area (Å²) in [4.78, 5) is 0. The predicted molar refractivity (Wildman–Crippen MR) is 8.50 cm³/mol. The summed E-state index contributed by atoms with van der Waals surface area (Å²) in [7, 11) is 0. The Bertz CT molecular complexity index is 213. The molecule has 0 heterocycles. The van der Waals surface area contributed by atoms with Gasteiger partial charge in [0.05, 0.1) is 0 Å². The Hall–Kier alpha value is 1.36. The van der Waals surface area contributed by atoms with Gasteiger partial charge in [-0.15, -0.1) is 0 Å². The maximum absolute atomic E-state index is 8.59. The van der Waals surface area contributed by atoms with Crippen LogP contribution in [0.25, 0.3) is 0 Å². The Balaban J connectivity index is -0.0000000457. The Morgan fingerprint density at radius 1 is 0.667 bits per heavy atom. The van der Waals surface area contributed by atoms with Crippen LogP contribution in [0.5, 0.6) is 0 Å². The Morgan fingerprint density at radius 3 is 0.667 bits per heavy atom. The Kier molecular flexibility index (Phi) is 17.4. The molecule has 12 heteroatoms. The van der Waals surface area contributed by atoms with Gasteiger partial charge in [0.15, 0.2) is 0 Å². The fourth-order valence-electron chi connectivity index (χ4n) is 0. The van der Waals surface area contributed by atoms with Crippen molar-refractivity contribution in [3.05, 3.63) is 0 Å². The van der Waals surface area contributed by atoms with E-state index in [1.807, 2.05) is 0 Å². The van der Waals surface area contributed by atoms with Gasteiger partial charge in [0.2, 0.25) is 0 Å². The van der Waals surface area contributed by atoms with Gasteiger partial charge in [-0.2, -0.15) is 0 Å². The molecule has 0 aromatic carbocycles. The van der Waals surface area contributed by atoms with E-state index in [2.05, 4.69) is 0 Å². The minimum absolute atomic E-state index is 0. The molecule has 0 aliphatic carbocycles. The molecule has 0 spiro atoms. The average Bonchev–Trinajstić information content (AvgIpc) is 1.12. The molecular formula is Cr2MgNiO8. The quantitative estimate of drug-likeness (QED) is 0.400. The van der Waals surface area contributed by atoms with Crippen LogP contribution in [0.4, 0.5) is 0 Å². The first-order valence-corrected chi connectivity index (χ1v) is 5.50. The van der Waals surface area contributed by atoms with Gasteiger partial charge in [-0.1, -0.05) is 0 Å². The predicted octanol–water partition coefficient (Wildman–Crippen LogP) is -5.62. The number of hydrogen-bond acceptors (Lipinski definition) is 8. The molecule has 0 aliphatic rings.